The summed E-state index contributed by atoms with van der Waals surface area (Å²) in [6.07, 6.45) is 8.16. The summed E-state index contributed by atoms with van der Waals surface area (Å²) in [6, 6.07) is 9.22. The molecule has 0 N–H and O–H groups in total. The van der Waals surface area contributed by atoms with Gasteiger partial charge in [-0.2, -0.15) is 13.2 Å². The minimum Gasteiger partial charge on any atom is -0.356 e. The molecule has 0 bridgehead atoms. The quantitative estimate of drug-likeness (QED) is 0.574. The normalized spacial score (nSPS) is 29.5. The summed E-state index contributed by atoms with van der Waals surface area (Å²) < 4.78 is 43.7. The van der Waals surface area contributed by atoms with Gasteiger partial charge in [-0.1, -0.05) is 55.8 Å². The van der Waals surface area contributed by atoms with E-state index in [0.29, 0.717) is 12.3 Å². The van der Waals surface area contributed by atoms with Crippen LogP contribution in [0.25, 0.3) is 0 Å². The van der Waals surface area contributed by atoms with E-state index in [-0.39, 0.29) is 0 Å². The summed E-state index contributed by atoms with van der Waals surface area (Å²) in [7, 11) is 0. The second kappa shape index (κ2) is 7.99. The molecular formula is C22H27F3O. The second-order valence-corrected chi connectivity index (χ2v) is 7.53. The second-order valence-electron chi connectivity index (χ2n) is 7.53. The SMILES string of the molecule is CCC1CCC(C2=CCC(OCC(F)(F)F)(c3ccccc3)C=C2)CC1. The number of allylic oxidation sites excluding steroid dienone is 2. The van der Waals surface area contributed by atoms with Crippen molar-refractivity contribution in [2.24, 2.45) is 11.8 Å². The third kappa shape index (κ3) is 4.59. The molecule has 0 amide bonds. The first kappa shape index (κ1) is 19.2. The van der Waals surface area contributed by atoms with Crippen LogP contribution in [0.3, 0.4) is 0 Å². The molecule has 0 radical (unpaired) electrons. The van der Waals surface area contributed by atoms with Crippen LogP contribution in [0.2, 0.25) is 0 Å². The fourth-order valence-corrected chi connectivity index (χ4v) is 4.18. The van der Waals surface area contributed by atoms with Gasteiger partial charge in [-0.15, -0.1) is 0 Å². The summed E-state index contributed by atoms with van der Waals surface area (Å²) in [6.45, 7) is 1.01. The summed E-state index contributed by atoms with van der Waals surface area (Å²) in [5, 5.41) is 0. The van der Waals surface area contributed by atoms with Crippen molar-refractivity contribution in [3.8, 4) is 0 Å². The number of benzene rings is 1. The first-order chi connectivity index (χ1) is 12.4. The fourth-order valence-electron chi connectivity index (χ4n) is 4.18. The van der Waals surface area contributed by atoms with E-state index in [1.807, 2.05) is 42.5 Å². The predicted molar refractivity (Wildman–Crippen MR) is 97.7 cm³/mol. The highest BCUT2D eigenvalue weighted by Crippen LogP contribution is 2.41. The Morgan fingerprint density at radius 3 is 2.31 bits per heavy atom. The van der Waals surface area contributed by atoms with Gasteiger partial charge in [0.15, 0.2) is 0 Å². The molecule has 0 spiro atoms. The topological polar surface area (TPSA) is 9.23 Å². The van der Waals surface area contributed by atoms with E-state index >= 15 is 0 Å². The van der Waals surface area contributed by atoms with Gasteiger partial charge in [0, 0.05) is 6.42 Å². The molecule has 142 valence electrons. The number of alkyl halides is 3. The van der Waals surface area contributed by atoms with Crippen molar-refractivity contribution in [3.63, 3.8) is 0 Å². The Hall–Kier alpha value is -1.55. The van der Waals surface area contributed by atoms with Crippen molar-refractivity contribution in [2.45, 2.75) is 57.2 Å². The molecule has 0 aromatic heterocycles. The van der Waals surface area contributed by atoms with Gasteiger partial charge < -0.3 is 4.74 Å². The number of ether oxygens (including phenoxy) is 1. The lowest BCUT2D eigenvalue weighted by atomic mass is 9.74. The Morgan fingerprint density at radius 2 is 1.77 bits per heavy atom. The first-order valence-corrected chi connectivity index (χ1v) is 9.57. The standard InChI is InChI=1S/C22H27F3O/c1-2-17-8-10-18(11-9-17)19-12-14-21(15-13-19,26-16-22(23,24)25)20-6-4-3-5-7-20/h3-7,12-14,17-18H,2,8-11,15-16H2,1H3. The molecular weight excluding hydrogens is 337 g/mol. The lowest BCUT2D eigenvalue weighted by Crippen LogP contribution is -2.33. The zero-order valence-electron chi connectivity index (χ0n) is 15.3. The largest absolute Gasteiger partial charge is 0.411 e. The molecule has 26 heavy (non-hydrogen) atoms. The monoisotopic (exact) mass is 364 g/mol. The average molecular weight is 364 g/mol. The summed E-state index contributed by atoms with van der Waals surface area (Å²) in [4.78, 5) is 0. The van der Waals surface area contributed by atoms with Gasteiger partial charge in [0.2, 0.25) is 0 Å². The summed E-state index contributed by atoms with van der Waals surface area (Å²) in [5.41, 5.74) is 1.01. The van der Waals surface area contributed by atoms with Gasteiger partial charge in [-0.3, -0.25) is 0 Å². The molecule has 0 saturated heterocycles. The highest BCUT2D eigenvalue weighted by atomic mass is 19.4. The van der Waals surface area contributed by atoms with Crippen LogP contribution in [0.4, 0.5) is 13.2 Å². The smallest absolute Gasteiger partial charge is 0.356 e. The summed E-state index contributed by atoms with van der Waals surface area (Å²) in [5.74, 6) is 1.36. The number of rotatable bonds is 5. The lowest BCUT2D eigenvalue weighted by Gasteiger charge is -2.36. The zero-order valence-corrected chi connectivity index (χ0v) is 15.3. The van der Waals surface area contributed by atoms with Crippen LogP contribution < -0.4 is 0 Å². The van der Waals surface area contributed by atoms with Gasteiger partial charge in [0.25, 0.3) is 0 Å². The first-order valence-electron chi connectivity index (χ1n) is 9.57. The molecule has 2 aliphatic rings. The van der Waals surface area contributed by atoms with E-state index < -0.39 is 18.4 Å². The molecule has 1 nitrogen and oxygen atoms in total. The van der Waals surface area contributed by atoms with Crippen LogP contribution in [-0.2, 0) is 10.3 Å². The number of hydrogen-bond donors (Lipinski definition) is 0. The highest BCUT2D eigenvalue weighted by molar-refractivity contribution is 5.37. The molecule has 2 aliphatic carbocycles. The van der Waals surface area contributed by atoms with Crippen molar-refractivity contribution in [2.75, 3.05) is 6.61 Å². The Kier molecular flexibility index (Phi) is 5.91. The van der Waals surface area contributed by atoms with E-state index in [1.165, 1.54) is 37.7 Å². The molecule has 1 aromatic rings. The predicted octanol–water partition coefficient (Wildman–Crippen LogP) is 6.56. The Bertz CT molecular complexity index is 639. The molecule has 0 heterocycles. The van der Waals surface area contributed by atoms with E-state index in [1.54, 1.807) is 0 Å². The third-order valence-corrected chi connectivity index (χ3v) is 5.84. The Labute approximate surface area is 153 Å². The van der Waals surface area contributed by atoms with Gasteiger partial charge in [-0.05, 0) is 54.7 Å². The van der Waals surface area contributed by atoms with Crippen molar-refractivity contribution < 1.29 is 17.9 Å². The molecule has 3 rings (SSSR count). The van der Waals surface area contributed by atoms with Crippen LogP contribution >= 0.6 is 0 Å². The number of halogens is 3. The van der Waals surface area contributed by atoms with Crippen molar-refractivity contribution in [3.05, 3.63) is 59.7 Å². The van der Waals surface area contributed by atoms with Crippen LogP contribution in [-0.4, -0.2) is 12.8 Å². The van der Waals surface area contributed by atoms with E-state index in [2.05, 4.69) is 13.0 Å². The highest BCUT2D eigenvalue weighted by Gasteiger charge is 2.38. The van der Waals surface area contributed by atoms with Crippen molar-refractivity contribution in [1.29, 1.82) is 0 Å². The van der Waals surface area contributed by atoms with Crippen molar-refractivity contribution in [1.82, 2.24) is 0 Å². The maximum atomic E-state index is 12.8. The van der Waals surface area contributed by atoms with Gasteiger partial charge >= 0.3 is 6.18 Å². The number of hydrogen-bond acceptors (Lipinski definition) is 1. The maximum absolute atomic E-state index is 12.8. The van der Waals surface area contributed by atoms with Gasteiger partial charge in [0.05, 0.1) is 0 Å². The fraction of sp³-hybridized carbons (Fsp3) is 0.545. The van der Waals surface area contributed by atoms with E-state index in [0.717, 1.165) is 11.5 Å². The minimum atomic E-state index is -4.34. The van der Waals surface area contributed by atoms with E-state index in [4.69, 9.17) is 4.74 Å². The molecule has 1 unspecified atom stereocenters. The molecule has 1 saturated carbocycles. The van der Waals surface area contributed by atoms with Crippen LogP contribution in [0.5, 0.6) is 0 Å². The van der Waals surface area contributed by atoms with Gasteiger partial charge in [0.1, 0.15) is 12.2 Å². The lowest BCUT2D eigenvalue weighted by molar-refractivity contribution is -0.199. The van der Waals surface area contributed by atoms with E-state index in [9.17, 15) is 13.2 Å². The van der Waals surface area contributed by atoms with Crippen LogP contribution in [0.1, 0.15) is 51.0 Å². The average Bonchev–Trinajstić information content (AvgIpc) is 2.67. The minimum absolute atomic E-state index is 0.451. The maximum Gasteiger partial charge on any atom is 0.411 e. The van der Waals surface area contributed by atoms with Gasteiger partial charge in [-0.25, -0.2) is 0 Å². The van der Waals surface area contributed by atoms with Crippen LogP contribution in [0.15, 0.2) is 54.1 Å². The molecule has 0 aliphatic heterocycles. The molecule has 1 atom stereocenters. The third-order valence-electron chi connectivity index (χ3n) is 5.84. The summed E-state index contributed by atoms with van der Waals surface area (Å²) >= 11 is 0. The Balaban J connectivity index is 1.75. The molecule has 1 aromatic carbocycles. The van der Waals surface area contributed by atoms with Crippen molar-refractivity contribution >= 4 is 0 Å². The van der Waals surface area contributed by atoms with Crippen LogP contribution in [0, 0.1) is 11.8 Å². The Morgan fingerprint density at radius 1 is 1.08 bits per heavy atom. The zero-order chi connectivity index (χ0) is 18.6. The molecule has 4 heteroatoms. The molecule has 1 fully saturated rings.